The van der Waals surface area contributed by atoms with E-state index in [0.29, 0.717) is 30.9 Å². The molecule has 3 rings (SSSR count). The van der Waals surface area contributed by atoms with Crippen LogP contribution in [0.5, 0.6) is 11.5 Å². The lowest BCUT2D eigenvalue weighted by Crippen LogP contribution is -2.27. The summed E-state index contributed by atoms with van der Waals surface area (Å²) in [5.41, 5.74) is 3.07. The summed E-state index contributed by atoms with van der Waals surface area (Å²) in [4.78, 5) is 16.9. The van der Waals surface area contributed by atoms with E-state index < -0.39 is 0 Å². The molecule has 3 aromatic rings. The maximum atomic E-state index is 12.3. The lowest BCUT2D eigenvalue weighted by atomic mass is 10.1. The van der Waals surface area contributed by atoms with Gasteiger partial charge < -0.3 is 14.8 Å². The smallest absolute Gasteiger partial charge is 0.226 e. The van der Waals surface area contributed by atoms with E-state index in [9.17, 15) is 4.79 Å². The predicted octanol–water partition coefficient (Wildman–Crippen LogP) is 4.42. The van der Waals surface area contributed by atoms with E-state index in [1.165, 1.54) is 5.56 Å². The van der Waals surface area contributed by atoms with Crippen molar-refractivity contribution in [3.8, 4) is 11.5 Å². The molecule has 0 saturated heterocycles. The molecule has 7 heteroatoms. The molecule has 0 fully saturated rings. The Labute approximate surface area is 183 Å². The standard InChI is InChI=1S/C22H23BrN2O3S/c1-27-19-11-16(18(23)13-20(19)28-2)8-9-24-21(26)12-17-14-29-22(25-17)10-15-6-4-3-5-7-15/h3-7,11,13-14H,8-10,12H2,1-2H3,(H,24,26). The van der Waals surface area contributed by atoms with Crippen LogP contribution in [0.1, 0.15) is 21.8 Å². The minimum atomic E-state index is -0.0295. The van der Waals surface area contributed by atoms with Gasteiger partial charge in [0, 0.05) is 22.8 Å². The van der Waals surface area contributed by atoms with Crippen molar-refractivity contribution >= 4 is 33.2 Å². The summed E-state index contributed by atoms with van der Waals surface area (Å²) in [6.45, 7) is 0.536. The Balaban J connectivity index is 1.49. The average molecular weight is 475 g/mol. The van der Waals surface area contributed by atoms with Gasteiger partial charge in [-0.3, -0.25) is 4.79 Å². The molecule has 0 radical (unpaired) electrons. The number of methoxy groups -OCH3 is 2. The number of amides is 1. The quantitative estimate of drug-likeness (QED) is 0.498. The fraction of sp³-hybridized carbons (Fsp3) is 0.273. The summed E-state index contributed by atoms with van der Waals surface area (Å²) in [7, 11) is 3.21. The molecular formula is C22H23BrN2O3S. The van der Waals surface area contributed by atoms with E-state index in [1.54, 1.807) is 25.6 Å². The van der Waals surface area contributed by atoms with Crippen molar-refractivity contribution in [2.45, 2.75) is 19.3 Å². The zero-order chi connectivity index (χ0) is 20.6. The van der Waals surface area contributed by atoms with Gasteiger partial charge in [-0.05, 0) is 29.7 Å². The number of thiazole rings is 1. The van der Waals surface area contributed by atoms with Gasteiger partial charge in [-0.25, -0.2) is 4.98 Å². The van der Waals surface area contributed by atoms with Crippen molar-refractivity contribution in [2.75, 3.05) is 20.8 Å². The SMILES string of the molecule is COc1cc(Br)c(CCNC(=O)Cc2csc(Cc3ccccc3)n2)cc1OC. The first kappa shape index (κ1) is 21.3. The van der Waals surface area contributed by atoms with Crippen LogP contribution in [0.3, 0.4) is 0 Å². The number of hydrogen-bond acceptors (Lipinski definition) is 5. The summed E-state index contributed by atoms with van der Waals surface area (Å²) in [6.07, 6.45) is 1.77. The highest BCUT2D eigenvalue weighted by atomic mass is 79.9. The minimum absolute atomic E-state index is 0.0295. The monoisotopic (exact) mass is 474 g/mol. The van der Waals surface area contributed by atoms with Crippen LogP contribution >= 0.6 is 27.3 Å². The predicted molar refractivity (Wildman–Crippen MR) is 119 cm³/mol. The zero-order valence-electron chi connectivity index (χ0n) is 16.4. The number of hydrogen-bond donors (Lipinski definition) is 1. The van der Waals surface area contributed by atoms with E-state index >= 15 is 0 Å². The Morgan fingerprint density at radius 3 is 2.59 bits per heavy atom. The Bertz CT molecular complexity index is 960. The third-order valence-corrected chi connectivity index (χ3v) is 6.04. The Morgan fingerprint density at radius 2 is 1.86 bits per heavy atom. The first-order valence-corrected chi connectivity index (χ1v) is 10.9. The molecule has 0 saturated carbocycles. The molecule has 29 heavy (non-hydrogen) atoms. The molecule has 152 valence electrons. The van der Waals surface area contributed by atoms with Gasteiger partial charge in [-0.15, -0.1) is 11.3 Å². The van der Waals surface area contributed by atoms with Crippen LogP contribution in [0.2, 0.25) is 0 Å². The molecule has 0 bridgehead atoms. The van der Waals surface area contributed by atoms with E-state index in [0.717, 1.165) is 27.2 Å². The lowest BCUT2D eigenvalue weighted by Gasteiger charge is -2.12. The fourth-order valence-electron chi connectivity index (χ4n) is 2.93. The van der Waals surface area contributed by atoms with E-state index in [2.05, 4.69) is 38.4 Å². The topological polar surface area (TPSA) is 60.5 Å². The first-order valence-electron chi connectivity index (χ1n) is 9.23. The fourth-order valence-corrected chi connectivity index (χ4v) is 4.28. The van der Waals surface area contributed by atoms with Crippen molar-refractivity contribution in [1.29, 1.82) is 0 Å². The van der Waals surface area contributed by atoms with Crippen molar-refractivity contribution in [3.05, 3.63) is 74.1 Å². The van der Waals surface area contributed by atoms with E-state index in [4.69, 9.17) is 9.47 Å². The largest absolute Gasteiger partial charge is 0.493 e. The molecule has 0 spiro atoms. The third-order valence-electron chi connectivity index (χ3n) is 4.41. The number of aromatic nitrogens is 1. The second-order valence-electron chi connectivity index (χ2n) is 6.47. The molecule has 0 atom stereocenters. The van der Waals surface area contributed by atoms with E-state index in [1.807, 2.05) is 35.7 Å². The zero-order valence-corrected chi connectivity index (χ0v) is 18.8. The number of ether oxygens (including phenoxy) is 2. The molecule has 1 amide bonds. The van der Waals surface area contributed by atoms with Crippen molar-refractivity contribution in [2.24, 2.45) is 0 Å². The summed E-state index contributed by atoms with van der Waals surface area (Å²) in [5.74, 6) is 1.31. The molecule has 5 nitrogen and oxygen atoms in total. The van der Waals surface area contributed by atoms with Crippen LogP contribution in [0.4, 0.5) is 0 Å². The molecule has 1 aromatic heterocycles. The highest BCUT2D eigenvalue weighted by Crippen LogP contribution is 2.33. The highest BCUT2D eigenvalue weighted by molar-refractivity contribution is 9.10. The molecule has 0 aliphatic rings. The number of nitrogens with one attached hydrogen (secondary N) is 1. The highest BCUT2D eigenvalue weighted by Gasteiger charge is 2.11. The van der Waals surface area contributed by atoms with Crippen molar-refractivity contribution in [1.82, 2.24) is 10.3 Å². The van der Waals surface area contributed by atoms with Gasteiger partial charge in [0.25, 0.3) is 0 Å². The summed E-state index contributed by atoms with van der Waals surface area (Å²) in [5, 5.41) is 5.95. The summed E-state index contributed by atoms with van der Waals surface area (Å²) >= 11 is 5.14. The van der Waals surface area contributed by atoms with Crippen LogP contribution in [-0.4, -0.2) is 31.7 Å². The maximum Gasteiger partial charge on any atom is 0.226 e. The minimum Gasteiger partial charge on any atom is -0.493 e. The number of rotatable bonds is 9. The van der Waals surface area contributed by atoms with E-state index in [-0.39, 0.29) is 5.91 Å². The maximum absolute atomic E-state index is 12.3. The molecule has 1 N–H and O–H groups in total. The van der Waals surface area contributed by atoms with Gasteiger partial charge >= 0.3 is 0 Å². The van der Waals surface area contributed by atoms with Gasteiger partial charge in [0.2, 0.25) is 5.91 Å². The second-order valence-corrected chi connectivity index (χ2v) is 8.27. The van der Waals surface area contributed by atoms with Crippen molar-refractivity contribution in [3.63, 3.8) is 0 Å². The molecule has 0 aliphatic heterocycles. The van der Waals surface area contributed by atoms with Gasteiger partial charge in [-0.1, -0.05) is 46.3 Å². The number of carbonyl (C=O) groups excluding carboxylic acids is 1. The molecule has 1 heterocycles. The van der Waals surface area contributed by atoms with Crippen LogP contribution in [0.25, 0.3) is 0 Å². The Kier molecular flexibility index (Phi) is 7.66. The van der Waals surface area contributed by atoms with Crippen LogP contribution < -0.4 is 14.8 Å². The van der Waals surface area contributed by atoms with Crippen LogP contribution in [0.15, 0.2) is 52.3 Å². The van der Waals surface area contributed by atoms with Gasteiger partial charge in [-0.2, -0.15) is 0 Å². The number of nitrogens with zero attached hydrogens (tertiary/aromatic N) is 1. The third kappa shape index (κ3) is 6.05. The number of halogens is 1. The summed E-state index contributed by atoms with van der Waals surface area (Å²) in [6, 6.07) is 14.0. The molecule has 0 aliphatic carbocycles. The summed E-state index contributed by atoms with van der Waals surface area (Å²) < 4.78 is 11.6. The number of benzene rings is 2. The normalized spacial score (nSPS) is 10.6. The molecule has 2 aromatic carbocycles. The number of carbonyl (C=O) groups is 1. The van der Waals surface area contributed by atoms with Gasteiger partial charge in [0.1, 0.15) is 0 Å². The van der Waals surface area contributed by atoms with Crippen LogP contribution in [0, 0.1) is 0 Å². The average Bonchev–Trinajstić information content (AvgIpc) is 3.16. The first-order chi connectivity index (χ1) is 14.1. The Morgan fingerprint density at radius 1 is 1.14 bits per heavy atom. The van der Waals surface area contributed by atoms with Gasteiger partial charge in [0.15, 0.2) is 11.5 Å². The van der Waals surface area contributed by atoms with Crippen molar-refractivity contribution < 1.29 is 14.3 Å². The lowest BCUT2D eigenvalue weighted by molar-refractivity contribution is -0.120. The molecular weight excluding hydrogens is 452 g/mol. The Hall–Kier alpha value is -2.38. The molecule has 0 unspecified atom stereocenters. The second kappa shape index (κ2) is 10.4. The van der Waals surface area contributed by atoms with Crippen LogP contribution in [-0.2, 0) is 24.1 Å². The van der Waals surface area contributed by atoms with Gasteiger partial charge in [0.05, 0.1) is 31.3 Å².